The minimum atomic E-state index is -0.869. The lowest BCUT2D eigenvalue weighted by Crippen LogP contribution is -2.32. The first-order chi connectivity index (χ1) is 9.65. The number of amides is 1. The lowest BCUT2D eigenvalue weighted by atomic mass is 10.0. The van der Waals surface area contributed by atoms with E-state index in [9.17, 15) is 14.7 Å². The van der Waals surface area contributed by atoms with Gasteiger partial charge in [-0.1, -0.05) is 31.5 Å². The van der Waals surface area contributed by atoms with Gasteiger partial charge in [0.25, 0.3) is 0 Å². The number of carbonyl (C=O) groups excluding carboxylic acids is 1. The molecule has 0 saturated carbocycles. The van der Waals surface area contributed by atoms with Crippen molar-refractivity contribution < 1.29 is 14.7 Å². The fourth-order valence-electron chi connectivity index (χ4n) is 2.34. The Balaban J connectivity index is 2.06. The summed E-state index contributed by atoms with van der Waals surface area (Å²) in [7, 11) is 0. The molecule has 1 N–H and O–H groups in total. The van der Waals surface area contributed by atoms with E-state index < -0.39 is 11.9 Å². The highest BCUT2D eigenvalue weighted by Crippen LogP contribution is 2.36. The summed E-state index contributed by atoms with van der Waals surface area (Å²) in [5.74, 6) is -0.0784. The standard InChI is InChI=1S/C15H19NO3S/c1-2-3-8-20-10-14(17)16-9-12(15(18)19)11-6-4-5-7-13(11)16/h4-7,12H,2-3,8-10H2,1H3,(H,18,19). The van der Waals surface area contributed by atoms with Crippen LogP contribution in [0.25, 0.3) is 0 Å². The molecule has 0 radical (unpaired) electrons. The van der Waals surface area contributed by atoms with Gasteiger partial charge in [-0.15, -0.1) is 0 Å². The fraction of sp³-hybridized carbons (Fsp3) is 0.467. The average Bonchev–Trinajstić information content (AvgIpc) is 2.83. The maximum Gasteiger partial charge on any atom is 0.312 e. The van der Waals surface area contributed by atoms with Gasteiger partial charge in [0.1, 0.15) is 5.92 Å². The number of fused-ring (bicyclic) bond motifs is 1. The maximum atomic E-state index is 12.3. The molecule has 1 heterocycles. The van der Waals surface area contributed by atoms with E-state index in [2.05, 4.69) is 6.92 Å². The molecular formula is C15H19NO3S. The van der Waals surface area contributed by atoms with Gasteiger partial charge in [0, 0.05) is 12.2 Å². The van der Waals surface area contributed by atoms with Crippen molar-refractivity contribution in [3.63, 3.8) is 0 Å². The second-order valence-electron chi connectivity index (χ2n) is 4.86. The predicted molar refractivity (Wildman–Crippen MR) is 81.4 cm³/mol. The van der Waals surface area contributed by atoms with Crippen LogP contribution in [0, 0.1) is 0 Å². The molecule has 1 unspecified atom stereocenters. The molecule has 5 heteroatoms. The number of hydrogen-bond acceptors (Lipinski definition) is 3. The molecule has 2 rings (SSSR count). The number of carboxylic acid groups (broad SMARTS) is 1. The molecule has 1 amide bonds. The van der Waals surface area contributed by atoms with Crippen molar-refractivity contribution in [2.24, 2.45) is 0 Å². The Kier molecular flexibility index (Phi) is 5.06. The number of thioether (sulfide) groups is 1. The van der Waals surface area contributed by atoms with E-state index >= 15 is 0 Å². The third kappa shape index (κ3) is 3.15. The number of rotatable bonds is 6. The van der Waals surface area contributed by atoms with E-state index in [0.717, 1.165) is 29.8 Å². The topological polar surface area (TPSA) is 57.6 Å². The highest BCUT2D eigenvalue weighted by molar-refractivity contribution is 7.99. The molecule has 1 atom stereocenters. The van der Waals surface area contributed by atoms with Gasteiger partial charge in [-0.3, -0.25) is 9.59 Å². The van der Waals surface area contributed by atoms with Crippen LogP contribution in [-0.2, 0) is 9.59 Å². The van der Waals surface area contributed by atoms with Gasteiger partial charge in [0.05, 0.1) is 5.75 Å². The van der Waals surface area contributed by atoms with Gasteiger partial charge < -0.3 is 10.0 Å². The Hall–Kier alpha value is -1.49. The summed E-state index contributed by atoms with van der Waals surface area (Å²) in [6, 6.07) is 7.28. The third-order valence-corrected chi connectivity index (χ3v) is 4.46. The van der Waals surface area contributed by atoms with Crippen LogP contribution in [0.4, 0.5) is 5.69 Å². The van der Waals surface area contributed by atoms with Crippen LogP contribution in [0.2, 0.25) is 0 Å². The molecule has 1 aromatic carbocycles. The fourth-order valence-corrected chi connectivity index (χ4v) is 3.31. The summed E-state index contributed by atoms with van der Waals surface area (Å²) >= 11 is 1.62. The van der Waals surface area contributed by atoms with E-state index in [0.29, 0.717) is 5.75 Å². The number of nitrogens with zero attached hydrogens (tertiary/aromatic N) is 1. The third-order valence-electron chi connectivity index (χ3n) is 3.44. The van der Waals surface area contributed by atoms with Crippen molar-refractivity contribution in [3.05, 3.63) is 29.8 Å². The molecular weight excluding hydrogens is 274 g/mol. The first kappa shape index (κ1) is 14.9. The van der Waals surface area contributed by atoms with E-state index in [1.54, 1.807) is 22.7 Å². The Morgan fingerprint density at radius 2 is 2.15 bits per heavy atom. The van der Waals surface area contributed by atoms with Crippen LogP contribution < -0.4 is 4.90 Å². The summed E-state index contributed by atoms with van der Waals surface area (Å²) in [5.41, 5.74) is 1.49. The molecule has 1 aliphatic rings. The van der Waals surface area contributed by atoms with Crippen molar-refractivity contribution in [3.8, 4) is 0 Å². The van der Waals surface area contributed by atoms with Gasteiger partial charge >= 0.3 is 5.97 Å². The molecule has 0 fully saturated rings. The summed E-state index contributed by atoms with van der Waals surface area (Å²) in [6.07, 6.45) is 2.22. The number of para-hydroxylation sites is 1. The normalized spacial score (nSPS) is 17.1. The van der Waals surface area contributed by atoms with Gasteiger partial charge in [-0.25, -0.2) is 0 Å². The van der Waals surface area contributed by atoms with Gasteiger partial charge in [0.15, 0.2) is 0 Å². The Labute approximate surface area is 123 Å². The second kappa shape index (κ2) is 6.79. The minimum Gasteiger partial charge on any atom is -0.481 e. The number of aliphatic carboxylic acids is 1. The zero-order valence-corrected chi connectivity index (χ0v) is 12.4. The number of hydrogen-bond donors (Lipinski definition) is 1. The SMILES string of the molecule is CCCCSCC(=O)N1CC(C(=O)O)c2ccccc21. The molecule has 4 nitrogen and oxygen atoms in total. The van der Waals surface area contributed by atoms with Crippen LogP contribution in [-0.4, -0.2) is 35.0 Å². The van der Waals surface area contributed by atoms with Crippen LogP contribution in [0.3, 0.4) is 0 Å². The smallest absolute Gasteiger partial charge is 0.312 e. The van der Waals surface area contributed by atoms with Crippen molar-refractivity contribution in [1.82, 2.24) is 0 Å². The quantitative estimate of drug-likeness (QED) is 0.819. The predicted octanol–water partition coefficient (Wildman–Crippen LogP) is 2.73. The van der Waals surface area contributed by atoms with Gasteiger partial charge in [-0.2, -0.15) is 11.8 Å². The summed E-state index contributed by atoms with van der Waals surface area (Å²) in [6.45, 7) is 2.37. The summed E-state index contributed by atoms with van der Waals surface area (Å²) < 4.78 is 0. The van der Waals surface area contributed by atoms with E-state index in [-0.39, 0.29) is 12.5 Å². The number of carboxylic acids is 1. The van der Waals surface area contributed by atoms with Crippen molar-refractivity contribution >= 4 is 29.3 Å². The minimum absolute atomic E-state index is 0.00213. The highest BCUT2D eigenvalue weighted by Gasteiger charge is 2.35. The van der Waals surface area contributed by atoms with Crippen molar-refractivity contribution in [2.45, 2.75) is 25.7 Å². The van der Waals surface area contributed by atoms with Gasteiger partial charge in [-0.05, 0) is 23.8 Å². The maximum absolute atomic E-state index is 12.3. The highest BCUT2D eigenvalue weighted by atomic mass is 32.2. The molecule has 0 bridgehead atoms. The first-order valence-corrected chi connectivity index (χ1v) is 8.00. The lowest BCUT2D eigenvalue weighted by Gasteiger charge is -2.17. The van der Waals surface area contributed by atoms with Gasteiger partial charge in [0.2, 0.25) is 5.91 Å². The summed E-state index contributed by atoms with van der Waals surface area (Å²) in [4.78, 5) is 25.2. The Bertz CT molecular complexity index is 504. The van der Waals surface area contributed by atoms with Crippen molar-refractivity contribution in [2.75, 3.05) is 23.0 Å². The molecule has 1 aromatic rings. The van der Waals surface area contributed by atoms with Crippen LogP contribution >= 0.6 is 11.8 Å². The molecule has 0 spiro atoms. The number of benzene rings is 1. The zero-order chi connectivity index (χ0) is 14.5. The van der Waals surface area contributed by atoms with E-state index in [1.807, 2.05) is 18.2 Å². The first-order valence-electron chi connectivity index (χ1n) is 6.85. The number of unbranched alkanes of at least 4 members (excludes halogenated alkanes) is 1. The molecule has 108 valence electrons. The number of carbonyl (C=O) groups is 2. The second-order valence-corrected chi connectivity index (χ2v) is 5.97. The average molecular weight is 293 g/mol. The van der Waals surface area contributed by atoms with Crippen LogP contribution in [0.1, 0.15) is 31.2 Å². The molecule has 0 aromatic heterocycles. The molecule has 0 aliphatic carbocycles. The molecule has 20 heavy (non-hydrogen) atoms. The van der Waals surface area contributed by atoms with E-state index in [1.165, 1.54) is 0 Å². The summed E-state index contributed by atoms with van der Waals surface area (Å²) in [5, 5.41) is 9.26. The molecule has 1 aliphatic heterocycles. The number of anilines is 1. The molecule has 0 saturated heterocycles. The van der Waals surface area contributed by atoms with Crippen LogP contribution in [0.5, 0.6) is 0 Å². The van der Waals surface area contributed by atoms with E-state index in [4.69, 9.17) is 0 Å². The van der Waals surface area contributed by atoms with Crippen LogP contribution in [0.15, 0.2) is 24.3 Å². The monoisotopic (exact) mass is 293 g/mol. The zero-order valence-electron chi connectivity index (χ0n) is 11.5. The largest absolute Gasteiger partial charge is 0.481 e. The van der Waals surface area contributed by atoms with Crippen molar-refractivity contribution in [1.29, 1.82) is 0 Å². The Morgan fingerprint density at radius 3 is 2.85 bits per heavy atom. The lowest BCUT2D eigenvalue weighted by molar-refractivity contribution is -0.138. The Morgan fingerprint density at radius 1 is 1.40 bits per heavy atom.